The number of nitrogens with one attached hydrogen (secondary N) is 1. The Balaban J connectivity index is 1.66. The van der Waals surface area contributed by atoms with Crippen LogP contribution < -0.4 is 5.32 Å². The Kier molecular flexibility index (Phi) is 4.23. The molecule has 0 saturated carbocycles. The summed E-state index contributed by atoms with van der Waals surface area (Å²) in [6.45, 7) is 0. The van der Waals surface area contributed by atoms with Crippen LogP contribution in [0.3, 0.4) is 0 Å². The monoisotopic (exact) mass is 411 g/mol. The van der Waals surface area contributed by atoms with Crippen LogP contribution in [-0.2, 0) is 11.8 Å². The van der Waals surface area contributed by atoms with Gasteiger partial charge in [-0.1, -0.05) is 34.1 Å². The molecule has 1 saturated heterocycles. The normalized spacial score (nSPS) is 17.6. The van der Waals surface area contributed by atoms with Crippen molar-refractivity contribution < 1.29 is 4.79 Å². The number of para-hydroxylation sites is 1. The second kappa shape index (κ2) is 6.54. The average Bonchev–Trinajstić information content (AvgIpc) is 3.11. The van der Waals surface area contributed by atoms with Crippen LogP contribution in [0.5, 0.6) is 0 Å². The minimum Gasteiger partial charge on any atom is -0.350 e. The molecule has 1 N–H and O–H groups in total. The lowest BCUT2D eigenvalue weighted by molar-refractivity contribution is -0.115. The number of hydrogen-bond acceptors (Lipinski definition) is 3. The fourth-order valence-electron chi connectivity index (χ4n) is 2.74. The predicted molar refractivity (Wildman–Crippen MR) is 108 cm³/mol. The summed E-state index contributed by atoms with van der Waals surface area (Å²) in [5.74, 6) is -0.117. The van der Waals surface area contributed by atoms with E-state index in [4.69, 9.17) is 0 Å². The summed E-state index contributed by atoms with van der Waals surface area (Å²) in [6.07, 6.45) is 3.96. The zero-order valence-electron chi connectivity index (χ0n) is 13.4. The molecule has 0 atom stereocenters. The molecule has 4 nitrogen and oxygen atoms in total. The lowest BCUT2D eigenvalue weighted by Gasteiger charge is -1.96. The summed E-state index contributed by atoms with van der Waals surface area (Å²) in [4.78, 5) is 17.4. The molecular formula is C19H14BrN3OS. The number of amides is 1. The summed E-state index contributed by atoms with van der Waals surface area (Å²) >= 11 is 4.76. The van der Waals surface area contributed by atoms with Crippen LogP contribution in [0.2, 0.25) is 0 Å². The number of amidine groups is 1. The Morgan fingerprint density at radius 2 is 1.92 bits per heavy atom. The topological polar surface area (TPSA) is 46.4 Å². The van der Waals surface area contributed by atoms with Crippen molar-refractivity contribution in [3.63, 3.8) is 0 Å². The number of rotatable bonds is 2. The van der Waals surface area contributed by atoms with E-state index in [1.807, 2.05) is 55.7 Å². The zero-order valence-corrected chi connectivity index (χ0v) is 15.8. The molecule has 0 bridgehead atoms. The number of hydrogen-bond donors (Lipinski definition) is 1. The lowest BCUT2D eigenvalue weighted by Crippen LogP contribution is -2.19. The molecule has 1 amide bonds. The van der Waals surface area contributed by atoms with E-state index in [0.29, 0.717) is 10.1 Å². The second-order valence-corrected chi connectivity index (χ2v) is 7.62. The van der Waals surface area contributed by atoms with Crippen LogP contribution in [0.15, 0.2) is 69.1 Å². The first-order valence-corrected chi connectivity index (χ1v) is 9.30. The molecule has 1 fully saturated rings. The molecule has 6 heteroatoms. The van der Waals surface area contributed by atoms with Gasteiger partial charge in [0.25, 0.3) is 5.91 Å². The number of fused-ring (bicyclic) bond motifs is 1. The van der Waals surface area contributed by atoms with Gasteiger partial charge in [-0.2, -0.15) is 0 Å². The van der Waals surface area contributed by atoms with Gasteiger partial charge in [0.05, 0.1) is 10.6 Å². The van der Waals surface area contributed by atoms with Crippen LogP contribution in [0.1, 0.15) is 5.56 Å². The van der Waals surface area contributed by atoms with Crippen molar-refractivity contribution in [1.29, 1.82) is 0 Å². The molecule has 4 rings (SSSR count). The molecule has 1 aliphatic rings. The molecule has 2 heterocycles. The number of carbonyl (C=O) groups is 1. The predicted octanol–water partition coefficient (Wildman–Crippen LogP) is 4.83. The van der Waals surface area contributed by atoms with E-state index in [9.17, 15) is 4.79 Å². The number of thioether (sulfide) groups is 1. The van der Waals surface area contributed by atoms with Crippen molar-refractivity contribution in [3.8, 4) is 0 Å². The number of carbonyl (C=O) groups excluding carboxylic acids is 1. The third-order valence-electron chi connectivity index (χ3n) is 3.92. The molecule has 25 heavy (non-hydrogen) atoms. The van der Waals surface area contributed by atoms with Crippen molar-refractivity contribution in [2.24, 2.45) is 12.0 Å². The maximum Gasteiger partial charge on any atom is 0.264 e. The maximum absolute atomic E-state index is 12.3. The van der Waals surface area contributed by atoms with Crippen molar-refractivity contribution in [2.75, 3.05) is 0 Å². The number of nitrogens with zero attached hydrogens (tertiary/aromatic N) is 2. The number of aliphatic imine (C=N–C) groups is 1. The number of aromatic nitrogens is 1. The Bertz CT molecular complexity index is 1030. The highest BCUT2D eigenvalue weighted by atomic mass is 79.9. The van der Waals surface area contributed by atoms with Crippen LogP contribution in [-0.4, -0.2) is 15.6 Å². The van der Waals surface area contributed by atoms with E-state index >= 15 is 0 Å². The van der Waals surface area contributed by atoms with E-state index in [1.54, 1.807) is 0 Å². The molecule has 1 aliphatic heterocycles. The summed E-state index contributed by atoms with van der Waals surface area (Å²) < 4.78 is 3.06. The first-order valence-electron chi connectivity index (χ1n) is 7.69. The molecule has 0 unspecified atom stereocenters. The highest BCUT2D eigenvalue weighted by Crippen LogP contribution is 2.30. The van der Waals surface area contributed by atoms with Gasteiger partial charge in [-0.25, -0.2) is 4.99 Å². The van der Waals surface area contributed by atoms with Crippen LogP contribution >= 0.6 is 27.7 Å². The standard InChI is InChI=1S/C19H14BrN3OS/c1-23-11-12(15-4-2-3-5-16(15)23)10-17-18(24)22-19(25-17)21-14-8-6-13(20)7-9-14/h2-11H,1H3,(H,21,22,24)/b17-10+. The SMILES string of the molecule is Cn1cc(/C=C2/SC(=Nc3ccc(Br)cc3)NC2=O)c2ccccc21. The highest BCUT2D eigenvalue weighted by Gasteiger charge is 2.24. The smallest absolute Gasteiger partial charge is 0.264 e. The van der Waals surface area contributed by atoms with Gasteiger partial charge >= 0.3 is 0 Å². The third kappa shape index (κ3) is 3.27. The number of benzene rings is 2. The van der Waals surface area contributed by atoms with Gasteiger partial charge in [-0.05, 0) is 48.2 Å². The largest absolute Gasteiger partial charge is 0.350 e. The average molecular weight is 412 g/mol. The minimum absolute atomic E-state index is 0.117. The molecule has 0 spiro atoms. The van der Waals surface area contributed by atoms with Gasteiger partial charge in [0.2, 0.25) is 0 Å². The first-order chi connectivity index (χ1) is 12.1. The van der Waals surface area contributed by atoms with E-state index in [-0.39, 0.29) is 5.91 Å². The Labute approximate surface area is 157 Å². The van der Waals surface area contributed by atoms with E-state index in [1.165, 1.54) is 11.8 Å². The van der Waals surface area contributed by atoms with E-state index < -0.39 is 0 Å². The van der Waals surface area contributed by atoms with Crippen molar-refractivity contribution in [1.82, 2.24) is 9.88 Å². The fourth-order valence-corrected chi connectivity index (χ4v) is 3.84. The van der Waals surface area contributed by atoms with Crippen molar-refractivity contribution in [2.45, 2.75) is 0 Å². The third-order valence-corrected chi connectivity index (χ3v) is 5.36. The van der Waals surface area contributed by atoms with E-state index in [2.05, 4.69) is 42.9 Å². The minimum atomic E-state index is -0.117. The molecule has 2 aromatic carbocycles. The van der Waals surface area contributed by atoms with Crippen LogP contribution in [0.4, 0.5) is 5.69 Å². The van der Waals surface area contributed by atoms with Crippen molar-refractivity contribution in [3.05, 3.63) is 69.7 Å². The summed E-state index contributed by atoms with van der Waals surface area (Å²) in [5.41, 5.74) is 2.97. The number of aryl methyl sites for hydroxylation is 1. The molecular weight excluding hydrogens is 398 g/mol. The molecule has 3 aromatic rings. The Morgan fingerprint density at radius 1 is 1.16 bits per heavy atom. The molecule has 0 aliphatic carbocycles. The van der Waals surface area contributed by atoms with Crippen LogP contribution in [0.25, 0.3) is 17.0 Å². The van der Waals surface area contributed by atoms with E-state index in [0.717, 1.165) is 26.6 Å². The Hall–Kier alpha value is -2.31. The lowest BCUT2D eigenvalue weighted by atomic mass is 10.1. The second-order valence-electron chi connectivity index (χ2n) is 5.67. The number of halogens is 1. The summed E-state index contributed by atoms with van der Waals surface area (Å²) in [5, 5.41) is 4.55. The van der Waals surface area contributed by atoms with Crippen LogP contribution in [0, 0.1) is 0 Å². The summed E-state index contributed by atoms with van der Waals surface area (Å²) in [7, 11) is 2.01. The molecule has 1 aromatic heterocycles. The fraction of sp³-hybridized carbons (Fsp3) is 0.0526. The van der Waals surface area contributed by atoms with Gasteiger partial charge in [0.15, 0.2) is 5.17 Å². The van der Waals surface area contributed by atoms with Crippen molar-refractivity contribution >= 4 is 61.4 Å². The zero-order chi connectivity index (χ0) is 17.4. The highest BCUT2D eigenvalue weighted by molar-refractivity contribution is 9.10. The maximum atomic E-state index is 12.3. The van der Waals surface area contributed by atoms with Gasteiger partial charge in [-0.15, -0.1) is 0 Å². The molecule has 0 radical (unpaired) electrons. The Morgan fingerprint density at radius 3 is 2.72 bits per heavy atom. The van der Waals surface area contributed by atoms with Gasteiger partial charge < -0.3 is 9.88 Å². The van der Waals surface area contributed by atoms with Gasteiger partial charge in [0, 0.05) is 34.2 Å². The van der Waals surface area contributed by atoms with Gasteiger partial charge in [0.1, 0.15) is 0 Å². The summed E-state index contributed by atoms with van der Waals surface area (Å²) in [6, 6.07) is 15.8. The van der Waals surface area contributed by atoms with Gasteiger partial charge in [-0.3, -0.25) is 4.79 Å². The quantitative estimate of drug-likeness (QED) is 0.613. The molecule has 124 valence electrons. The first kappa shape index (κ1) is 16.2.